The van der Waals surface area contributed by atoms with Crippen molar-refractivity contribution in [3.8, 4) is 0 Å². The number of hydrogen-bond donors (Lipinski definition) is 1. The van der Waals surface area contributed by atoms with E-state index in [0.717, 1.165) is 23.7 Å². The van der Waals surface area contributed by atoms with Crippen LogP contribution in [-0.4, -0.2) is 70.7 Å². The fraction of sp³-hybridized carbons (Fsp3) is 0.867. The molecule has 0 bridgehead atoms. The summed E-state index contributed by atoms with van der Waals surface area (Å²) in [6.45, 7) is 5.71. The first kappa shape index (κ1) is 19.6. The molecule has 1 rings (SSSR count). The van der Waals surface area contributed by atoms with E-state index < -0.39 is 11.9 Å². The van der Waals surface area contributed by atoms with Gasteiger partial charge in [-0.25, -0.2) is 0 Å². The number of thioether (sulfide) groups is 2. The number of aliphatic carboxylic acids is 1. The Balaban J connectivity index is 2.49. The zero-order chi connectivity index (χ0) is 16.4. The summed E-state index contributed by atoms with van der Waals surface area (Å²) in [5.74, 6) is 1.94. The van der Waals surface area contributed by atoms with Crippen LogP contribution in [0.4, 0.5) is 0 Å². The monoisotopic (exact) mass is 349 g/mol. The Morgan fingerprint density at radius 2 is 2.18 bits per heavy atom. The molecule has 1 amide bonds. The molecule has 1 N–H and O–H groups in total. The molecule has 1 fully saturated rings. The molecular weight excluding hydrogens is 322 g/mol. The highest BCUT2D eigenvalue weighted by atomic mass is 32.2. The van der Waals surface area contributed by atoms with Crippen molar-refractivity contribution in [2.24, 2.45) is 5.92 Å². The number of rotatable bonds is 10. The van der Waals surface area contributed by atoms with Crippen molar-refractivity contribution >= 4 is 35.4 Å². The summed E-state index contributed by atoms with van der Waals surface area (Å²) < 4.78 is 5.30. The quantitative estimate of drug-likeness (QED) is 0.610. The van der Waals surface area contributed by atoms with Crippen molar-refractivity contribution in [1.82, 2.24) is 4.90 Å². The molecule has 22 heavy (non-hydrogen) atoms. The number of ether oxygens (including phenoxy) is 1. The van der Waals surface area contributed by atoms with Crippen LogP contribution in [0.3, 0.4) is 0 Å². The molecule has 5 nitrogen and oxygen atoms in total. The van der Waals surface area contributed by atoms with Crippen LogP contribution in [0.5, 0.6) is 0 Å². The molecule has 1 saturated heterocycles. The predicted molar refractivity (Wildman–Crippen MR) is 92.7 cm³/mol. The summed E-state index contributed by atoms with van der Waals surface area (Å²) in [5, 5.41) is 9.44. The van der Waals surface area contributed by atoms with Crippen LogP contribution >= 0.6 is 23.5 Å². The van der Waals surface area contributed by atoms with Gasteiger partial charge in [-0.05, 0) is 13.3 Å². The molecule has 0 aliphatic carbocycles. The van der Waals surface area contributed by atoms with Gasteiger partial charge in [-0.2, -0.15) is 23.5 Å². The van der Waals surface area contributed by atoms with Crippen molar-refractivity contribution < 1.29 is 19.4 Å². The molecule has 1 aliphatic heterocycles. The van der Waals surface area contributed by atoms with E-state index in [9.17, 15) is 9.59 Å². The summed E-state index contributed by atoms with van der Waals surface area (Å²) in [6, 6.07) is 0. The minimum Gasteiger partial charge on any atom is -0.481 e. The van der Waals surface area contributed by atoms with Crippen molar-refractivity contribution in [1.29, 1.82) is 0 Å². The number of carbonyl (C=O) groups excluding carboxylic acids is 1. The molecule has 1 aliphatic rings. The molecule has 0 aromatic heterocycles. The van der Waals surface area contributed by atoms with E-state index in [-0.39, 0.29) is 12.5 Å². The fourth-order valence-corrected chi connectivity index (χ4v) is 4.88. The Morgan fingerprint density at radius 1 is 1.41 bits per heavy atom. The van der Waals surface area contributed by atoms with Gasteiger partial charge in [0.25, 0.3) is 0 Å². The highest BCUT2D eigenvalue weighted by Crippen LogP contribution is 2.27. The lowest BCUT2D eigenvalue weighted by molar-refractivity contribution is -0.143. The third-order valence-corrected chi connectivity index (χ3v) is 6.32. The lowest BCUT2D eigenvalue weighted by Gasteiger charge is -2.27. The lowest BCUT2D eigenvalue weighted by Crippen LogP contribution is -2.39. The van der Waals surface area contributed by atoms with E-state index in [4.69, 9.17) is 9.84 Å². The first-order chi connectivity index (χ1) is 10.5. The summed E-state index contributed by atoms with van der Waals surface area (Å²) in [7, 11) is 0. The minimum absolute atomic E-state index is 0.0737. The Bertz CT molecular complexity index is 348. The number of nitrogens with zero attached hydrogens (tertiary/aromatic N) is 1. The van der Waals surface area contributed by atoms with Gasteiger partial charge < -0.3 is 14.7 Å². The van der Waals surface area contributed by atoms with E-state index in [1.165, 1.54) is 0 Å². The number of carboxylic acid groups (broad SMARTS) is 1. The summed E-state index contributed by atoms with van der Waals surface area (Å²) in [6.07, 6.45) is 1.26. The lowest BCUT2D eigenvalue weighted by atomic mass is 10.1. The van der Waals surface area contributed by atoms with E-state index in [0.29, 0.717) is 31.4 Å². The van der Waals surface area contributed by atoms with Gasteiger partial charge in [-0.15, -0.1) is 0 Å². The van der Waals surface area contributed by atoms with Gasteiger partial charge in [-0.3, -0.25) is 9.59 Å². The largest absolute Gasteiger partial charge is 0.481 e. The van der Waals surface area contributed by atoms with Crippen molar-refractivity contribution in [2.45, 2.75) is 31.9 Å². The second-order valence-corrected chi connectivity index (χ2v) is 7.96. The van der Waals surface area contributed by atoms with Crippen molar-refractivity contribution in [3.05, 3.63) is 0 Å². The van der Waals surface area contributed by atoms with Crippen LogP contribution in [-0.2, 0) is 14.3 Å². The van der Waals surface area contributed by atoms with E-state index in [1.54, 1.807) is 11.8 Å². The van der Waals surface area contributed by atoms with Crippen LogP contribution in [0, 0.1) is 5.92 Å². The summed E-state index contributed by atoms with van der Waals surface area (Å²) in [5.41, 5.74) is 0. The van der Waals surface area contributed by atoms with Crippen LogP contribution in [0.2, 0.25) is 0 Å². The average molecular weight is 350 g/mol. The zero-order valence-corrected chi connectivity index (χ0v) is 15.1. The topological polar surface area (TPSA) is 66.8 Å². The van der Waals surface area contributed by atoms with Gasteiger partial charge in [0.05, 0.1) is 5.92 Å². The van der Waals surface area contributed by atoms with Gasteiger partial charge in [-0.1, -0.05) is 6.92 Å². The maximum atomic E-state index is 12.5. The molecular formula is C15H27NO4S2. The smallest absolute Gasteiger partial charge is 0.308 e. The molecule has 1 heterocycles. The number of carbonyl (C=O) groups is 2. The molecule has 128 valence electrons. The van der Waals surface area contributed by atoms with Crippen LogP contribution in [0.25, 0.3) is 0 Å². The highest BCUT2D eigenvalue weighted by molar-refractivity contribution is 8.06. The maximum absolute atomic E-state index is 12.5. The van der Waals surface area contributed by atoms with E-state index >= 15 is 0 Å². The van der Waals surface area contributed by atoms with Gasteiger partial charge in [0.2, 0.25) is 5.91 Å². The second kappa shape index (κ2) is 11.2. The maximum Gasteiger partial charge on any atom is 0.308 e. The Labute approximate surface area is 141 Å². The molecule has 0 spiro atoms. The minimum atomic E-state index is -0.856. The van der Waals surface area contributed by atoms with Gasteiger partial charge >= 0.3 is 5.97 Å². The SMILES string of the molecule is CCOCCCN(CC(C)C(=O)O)C(=O)CC1CSCCS1. The van der Waals surface area contributed by atoms with Crippen LogP contribution in [0.1, 0.15) is 26.7 Å². The average Bonchev–Trinajstić information content (AvgIpc) is 2.50. The Morgan fingerprint density at radius 3 is 2.77 bits per heavy atom. The first-order valence-corrected chi connectivity index (χ1v) is 10.0. The molecule has 0 saturated carbocycles. The predicted octanol–water partition coefficient (Wildman–Crippen LogP) is 2.20. The first-order valence-electron chi connectivity index (χ1n) is 7.82. The fourth-order valence-electron chi connectivity index (χ4n) is 2.21. The van der Waals surface area contributed by atoms with E-state index in [2.05, 4.69) is 0 Å². The van der Waals surface area contributed by atoms with Crippen molar-refractivity contribution in [3.63, 3.8) is 0 Å². The third-order valence-electron chi connectivity index (χ3n) is 3.48. The number of hydrogen-bond acceptors (Lipinski definition) is 5. The summed E-state index contributed by atoms with van der Waals surface area (Å²) in [4.78, 5) is 25.3. The molecule has 0 aromatic rings. The normalized spacial score (nSPS) is 19.6. The Kier molecular flexibility index (Phi) is 9.99. The zero-order valence-electron chi connectivity index (χ0n) is 13.5. The molecule has 2 atom stereocenters. The molecule has 0 radical (unpaired) electrons. The number of amides is 1. The molecule has 0 aromatic carbocycles. The van der Waals surface area contributed by atoms with E-state index in [1.807, 2.05) is 30.4 Å². The third kappa shape index (κ3) is 7.74. The van der Waals surface area contributed by atoms with Gasteiger partial charge in [0, 0.05) is 55.2 Å². The van der Waals surface area contributed by atoms with Crippen molar-refractivity contribution in [2.75, 3.05) is 43.6 Å². The highest BCUT2D eigenvalue weighted by Gasteiger charge is 2.24. The standard InChI is InChI=1S/C15H27NO4S2/c1-3-20-6-4-5-16(10-12(2)15(18)19)14(17)9-13-11-21-7-8-22-13/h12-13H,3-11H2,1-2H3,(H,18,19). The number of carboxylic acids is 1. The van der Waals surface area contributed by atoms with Gasteiger partial charge in [0.15, 0.2) is 0 Å². The van der Waals surface area contributed by atoms with Crippen LogP contribution < -0.4 is 0 Å². The van der Waals surface area contributed by atoms with Crippen LogP contribution in [0.15, 0.2) is 0 Å². The summed E-state index contributed by atoms with van der Waals surface area (Å²) >= 11 is 3.75. The molecule has 7 heteroatoms. The Hall–Kier alpha value is -0.400. The second-order valence-electron chi connectivity index (χ2n) is 5.40. The molecule has 2 unspecified atom stereocenters. The van der Waals surface area contributed by atoms with Gasteiger partial charge in [0.1, 0.15) is 0 Å².